The number of hydrogen-bond donors (Lipinski definition) is 0. The molecule has 2 aromatic carbocycles. The number of benzene rings is 2. The Bertz CT molecular complexity index is 817. The summed E-state index contributed by atoms with van der Waals surface area (Å²) in [7, 11) is 3.79. The monoisotopic (exact) mass is 361 g/mol. The molecule has 2 rings (SSSR count). The van der Waals surface area contributed by atoms with Gasteiger partial charge in [-0.1, -0.05) is 24.3 Å². The highest BCUT2D eigenvalue weighted by Crippen LogP contribution is 2.31. The van der Waals surface area contributed by atoms with Crippen molar-refractivity contribution in [2.24, 2.45) is 5.92 Å². The Morgan fingerprint density at radius 3 is 2.12 bits per heavy atom. The van der Waals surface area contributed by atoms with Crippen LogP contribution in [0, 0.1) is 16.0 Å². The Kier molecular flexibility index (Phi) is 6.11. The summed E-state index contributed by atoms with van der Waals surface area (Å²) in [4.78, 5) is 34.8. The molecule has 26 heavy (non-hydrogen) atoms. The highest BCUT2D eigenvalue weighted by Gasteiger charge is 2.40. The number of hydrogen-bond acceptors (Lipinski definition) is 7. The van der Waals surface area contributed by atoms with Crippen LogP contribution in [-0.4, -0.2) is 44.7 Å². The Morgan fingerprint density at radius 1 is 1.00 bits per heavy atom. The molecule has 0 radical (unpaired) electrons. The highest BCUT2D eigenvalue weighted by molar-refractivity contribution is 5.96. The summed E-state index contributed by atoms with van der Waals surface area (Å²) >= 11 is 0. The molecule has 0 aliphatic heterocycles. The van der Waals surface area contributed by atoms with Crippen molar-refractivity contribution in [3.05, 3.63) is 52.1 Å². The number of carbonyl (C=O) groups is 2. The summed E-state index contributed by atoms with van der Waals surface area (Å²) in [5.41, 5.74) is 0.472. The summed E-state index contributed by atoms with van der Waals surface area (Å²) in [5.74, 6) is -3.52. The van der Waals surface area contributed by atoms with Crippen LogP contribution in [-0.2, 0) is 19.1 Å². The summed E-state index contributed by atoms with van der Waals surface area (Å²) in [6.07, 6.45) is 0. The van der Waals surface area contributed by atoms with Gasteiger partial charge < -0.3 is 14.2 Å². The van der Waals surface area contributed by atoms with Crippen molar-refractivity contribution in [3.8, 4) is 5.75 Å². The van der Waals surface area contributed by atoms with E-state index in [-0.39, 0.29) is 0 Å². The van der Waals surface area contributed by atoms with Crippen molar-refractivity contribution in [1.82, 2.24) is 0 Å². The van der Waals surface area contributed by atoms with Crippen molar-refractivity contribution in [2.75, 3.05) is 27.9 Å². The Hall–Kier alpha value is -3.16. The van der Waals surface area contributed by atoms with Crippen LogP contribution in [0.4, 0.5) is 0 Å². The van der Waals surface area contributed by atoms with Crippen molar-refractivity contribution in [2.45, 2.75) is 5.92 Å². The van der Waals surface area contributed by atoms with E-state index in [4.69, 9.17) is 4.74 Å². The number of nitro groups is 1. The number of nitrogens with zero attached hydrogens (tertiary/aromatic N) is 1. The molecule has 0 saturated heterocycles. The van der Waals surface area contributed by atoms with Gasteiger partial charge in [-0.05, 0) is 28.5 Å². The van der Waals surface area contributed by atoms with E-state index in [0.717, 1.165) is 25.0 Å². The molecule has 8 nitrogen and oxygen atoms in total. The molecule has 0 aliphatic carbocycles. The van der Waals surface area contributed by atoms with Crippen molar-refractivity contribution in [3.63, 3.8) is 0 Å². The first kappa shape index (κ1) is 19.2. The lowest BCUT2D eigenvalue weighted by molar-refractivity contribution is -0.484. The molecular formula is C18H19NO7. The normalized spacial score (nSPS) is 11.8. The smallest absolute Gasteiger partial charge is 0.320 e. The quantitative estimate of drug-likeness (QED) is 0.322. The molecule has 0 saturated carbocycles. The maximum atomic E-state index is 12.1. The molecule has 1 atom stereocenters. The summed E-state index contributed by atoms with van der Waals surface area (Å²) in [5, 5.41) is 12.8. The maximum absolute atomic E-state index is 12.1. The molecule has 0 spiro atoms. The molecule has 0 N–H and O–H groups in total. The van der Waals surface area contributed by atoms with Crippen molar-refractivity contribution in [1.29, 1.82) is 0 Å². The molecule has 0 aliphatic rings. The second kappa shape index (κ2) is 8.28. The fourth-order valence-corrected chi connectivity index (χ4v) is 2.84. The Balaban J connectivity index is 2.54. The number of carbonyl (C=O) groups excluding carboxylic acids is 2. The van der Waals surface area contributed by atoms with E-state index in [9.17, 15) is 19.7 Å². The minimum absolute atomic E-state index is 0.472. The largest absolute Gasteiger partial charge is 0.497 e. The first-order valence-electron chi connectivity index (χ1n) is 7.76. The topological polar surface area (TPSA) is 105 Å². The molecule has 8 heteroatoms. The number of ether oxygens (including phenoxy) is 3. The molecule has 0 unspecified atom stereocenters. The van der Waals surface area contributed by atoms with Gasteiger partial charge in [0.25, 0.3) is 0 Å². The fourth-order valence-electron chi connectivity index (χ4n) is 2.84. The van der Waals surface area contributed by atoms with Crippen LogP contribution in [0.25, 0.3) is 10.8 Å². The third-order valence-electron chi connectivity index (χ3n) is 4.16. The third-order valence-corrected chi connectivity index (χ3v) is 4.16. The second-order valence-electron chi connectivity index (χ2n) is 5.62. The van der Waals surface area contributed by atoms with Crippen molar-refractivity contribution >= 4 is 22.7 Å². The molecule has 0 heterocycles. The molecular weight excluding hydrogens is 342 g/mol. The van der Waals surface area contributed by atoms with E-state index in [0.29, 0.717) is 11.3 Å². The minimum Gasteiger partial charge on any atom is -0.497 e. The van der Waals surface area contributed by atoms with E-state index in [1.807, 2.05) is 6.07 Å². The van der Waals surface area contributed by atoms with Gasteiger partial charge in [0, 0.05) is 4.92 Å². The molecule has 2 aromatic rings. The van der Waals surface area contributed by atoms with Gasteiger partial charge in [-0.3, -0.25) is 19.7 Å². The van der Waals surface area contributed by atoms with Gasteiger partial charge in [-0.25, -0.2) is 0 Å². The zero-order valence-electron chi connectivity index (χ0n) is 14.6. The first-order chi connectivity index (χ1) is 12.4. The molecule has 0 bridgehead atoms. The van der Waals surface area contributed by atoms with Crippen LogP contribution in [0.3, 0.4) is 0 Å². The number of rotatable bonds is 7. The van der Waals surface area contributed by atoms with E-state index >= 15 is 0 Å². The molecule has 0 aromatic heterocycles. The van der Waals surface area contributed by atoms with Gasteiger partial charge in [0.2, 0.25) is 6.54 Å². The summed E-state index contributed by atoms with van der Waals surface area (Å²) in [6.45, 7) is -0.615. The van der Waals surface area contributed by atoms with Gasteiger partial charge >= 0.3 is 11.9 Å². The zero-order valence-corrected chi connectivity index (χ0v) is 14.6. The summed E-state index contributed by atoms with van der Waals surface area (Å²) < 4.78 is 14.5. The zero-order chi connectivity index (χ0) is 19.3. The average Bonchev–Trinajstić information content (AvgIpc) is 2.65. The summed E-state index contributed by atoms with van der Waals surface area (Å²) in [6, 6.07) is 10.5. The molecule has 0 amide bonds. The Labute approximate surface area is 149 Å². The number of methoxy groups -OCH3 is 3. The van der Waals surface area contributed by atoms with Crippen molar-refractivity contribution < 1.29 is 28.7 Å². The van der Waals surface area contributed by atoms with Crippen LogP contribution < -0.4 is 4.74 Å². The third kappa shape index (κ3) is 4.08. The second-order valence-corrected chi connectivity index (χ2v) is 5.62. The lowest BCUT2D eigenvalue weighted by atomic mass is 9.85. The van der Waals surface area contributed by atoms with E-state index in [2.05, 4.69) is 9.47 Å². The van der Waals surface area contributed by atoms with Crippen LogP contribution in [0.5, 0.6) is 5.75 Å². The molecule has 0 fully saturated rings. The number of fused-ring (bicyclic) bond motifs is 1. The highest BCUT2D eigenvalue weighted by atomic mass is 16.6. The van der Waals surface area contributed by atoms with Crippen LogP contribution >= 0.6 is 0 Å². The standard InChI is InChI=1S/C18H19NO7/c1-24-14-7-6-11-8-13(5-4-12(11)9-14)15(10-19(22)23)16(17(20)25-2)18(21)26-3/h4-9,15-16H,10H2,1-3H3/t15-/m1/s1. The van der Waals surface area contributed by atoms with Gasteiger partial charge in [0.05, 0.1) is 27.2 Å². The SMILES string of the molecule is COC(=O)C(C(=O)OC)[C@H](C[N+](=O)[O-])c1ccc2cc(OC)ccc2c1. The predicted octanol–water partition coefficient (Wildman–Crippen LogP) is 2.17. The van der Waals surface area contributed by atoms with E-state index in [1.54, 1.807) is 37.4 Å². The van der Waals surface area contributed by atoms with Gasteiger partial charge in [0.15, 0.2) is 5.92 Å². The van der Waals surface area contributed by atoms with E-state index < -0.39 is 35.2 Å². The van der Waals surface area contributed by atoms with Crippen LogP contribution in [0.15, 0.2) is 36.4 Å². The van der Waals surface area contributed by atoms with Gasteiger partial charge in [0.1, 0.15) is 5.75 Å². The van der Waals surface area contributed by atoms with Gasteiger partial charge in [-0.15, -0.1) is 0 Å². The average molecular weight is 361 g/mol. The fraction of sp³-hybridized carbons (Fsp3) is 0.333. The molecule has 138 valence electrons. The predicted molar refractivity (Wildman–Crippen MR) is 92.6 cm³/mol. The lowest BCUT2D eigenvalue weighted by Crippen LogP contribution is -2.35. The first-order valence-corrected chi connectivity index (χ1v) is 7.76. The van der Waals surface area contributed by atoms with Gasteiger partial charge in [-0.2, -0.15) is 0 Å². The van der Waals surface area contributed by atoms with E-state index in [1.165, 1.54) is 0 Å². The number of esters is 2. The minimum atomic E-state index is -1.42. The van der Waals surface area contributed by atoms with Crippen LogP contribution in [0.1, 0.15) is 11.5 Å². The van der Waals surface area contributed by atoms with Crippen LogP contribution in [0.2, 0.25) is 0 Å². The lowest BCUT2D eigenvalue weighted by Gasteiger charge is -2.21. The Morgan fingerprint density at radius 2 is 1.58 bits per heavy atom. The maximum Gasteiger partial charge on any atom is 0.320 e.